The van der Waals surface area contributed by atoms with E-state index in [2.05, 4.69) is 4.72 Å². The molecule has 156 valence electrons. The fourth-order valence-corrected chi connectivity index (χ4v) is 4.60. The summed E-state index contributed by atoms with van der Waals surface area (Å²) in [6, 6.07) is 11.7. The predicted molar refractivity (Wildman–Crippen MR) is 107 cm³/mol. The van der Waals surface area contributed by atoms with Crippen molar-refractivity contribution in [1.82, 2.24) is 0 Å². The van der Waals surface area contributed by atoms with Gasteiger partial charge in [0.2, 0.25) is 10.0 Å². The maximum Gasteiger partial charge on any atom is 0.235 e. The van der Waals surface area contributed by atoms with E-state index < -0.39 is 38.5 Å². The van der Waals surface area contributed by atoms with Crippen molar-refractivity contribution in [3.63, 3.8) is 0 Å². The fourth-order valence-electron chi connectivity index (χ4n) is 3.18. The highest BCUT2D eigenvalue weighted by atomic mass is 32.2. The number of hydrogen-bond acceptors (Lipinski definition) is 2. The van der Waals surface area contributed by atoms with E-state index in [1.165, 1.54) is 36.4 Å². The third-order valence-corrected chi connectivity index (χ3v) is 6.86. The van der Waals surface area contributed by atoms with Crippen molar-refractivity contribution in [1.29, 1.82) is 0 Å². The summed E-state index contributed by atoms with van der Waals surface area (Å²) in [4.78, 5) is 0. The summed E-state index contributed by atoms with van der Waals surface area (Å²) < 4.78 is 82.8. The van der Waals surface area contributed by atoms with Gasteiger partial charge >= 0.3 is 0 Å². The van der Waals surface area contributed by atoms with Gasteiger partial charge in [-0.25, -0.2) is 26.0 Å². The quantitative estimate of drug-likeness (QED) is 0.527. The molecule has 0 heterocycles. The van der Waals surface area contributed by atoms with Gasteiger partial charge in [0.25, 0.3) is 0 Å². The van der Waals surface area contributed by atoms with Crippen LogP contribution in [0.5, 0.6) is 0 Å². The first-order valence-corrected chi connectivity index (χ1v) is 10.8. The molecule has 3 aromatic rings. The highest BCUT2D eigenvalue weighted by Crippen LogP contribution is 2.33. The van der Waals surface area contributed by atoms with Crippen molar-refractivity contribution in [3.8, 4) is 11.1 Å². The Bertz CT molecular complexity index is 1210. The SMILES string of the molecule is O=S(=O)(Nc1ccc(F)c(F)c1Cc1ccc(-c2ccc(F)cc2)cc1F)C1CC1. The lowest BCUT2D eigenvalue weighted by Gasteiger charge is -2.14. The lowest BCUT2D eigenvalue weighted by molar-refractivity contribution is 0.500. The molecular weight excluding hydrogens is 418 g/mol. The second-order valence-electron chi connectivity index (χ2n) is 7.22. The van der Waals surface area contributed by atoms with E-state index >= 15 is 0 Å². The molecule has 0 amide bonds. The fraction of sp³-hybridized carbons (Fsp3) is 0.182. The van der Waals surface area contributed by atoms with Crippen LogP contribution in [-0.2, 0) is 16.4 Å². The molecule has 1 fully saturated rings. The van der Waals surface area contributed by atoms with Crippen molar-refractivity contribution in [2.75, 3.05) is 4.72 Å². The van der Waals surface area contributed by atoms with Gasteiger partial charge in [0.05, 0.1) is 10.9 Å². The van der Waals surface area contributed by atoms with E-state index in [4.69, 9.17) is 0 Å². The molecule has 8 heteroatoms. The smallest absolute Gasteiger partial charge is 0.235 e. The van der Waals surface area contributed by atoms with Gasteiger partial charge in [-0.15, -0.1) is 0 Å². The summed E-state index contributed by atoms with van der Waals surface area (Å²) in [6.07, 6.45) is 0.670. The molecular formula is C22H17F4NO2S. The number of benzene rings is 3. The molecule has 0 radical (unpaired) electrons. The number of sulfonamides is 1. The van der Waals surface area contributed by atoms with Crippen LogP contribution in [0.4, 0.5) is 23.2 Å². The first-order valence-electron chi connectivity index (χ1n) is 9.27. The van der Waals surface area contributed by atoms with Crippen molar-refractivity contribution < 1.29 is 26.0 Å². The molecule has 1 saturated carbocycles. The van der Waals surface area contributed by atoms with E-state index in [-0.39, 0.29) is 23.2 Å². The molecule has 0 atom stereocenters. The summed E-state index contributed by atoms with van der Waals surface area (Å²) in [5.74, 6) is -3.47. The van der Waals surface area contributed by atoms with Crippen molar-refractivity contribution in [2.24, 2.45) is 0 Å². The number of halogens is 4. The molecule has 0 unspecified atom stereocenters. The minimum atomic E-state index is -3.70. The van der Waals surface area contributed by atoms with Crippen molar-refractivity contribution in [2.45, 2.75) is 24.5 Å². The molecule has 1 aliphatic carbocycles. The van der Waals surface area contributed by atoms with E-state index in [9.17, 15) is 26.0 Å². The monoisotopic (exact) mass is 435 g/mol. The topological polar surface area (TPSA) is 46.2 Å². The van der Waals surface area contributed by atoms with Crippen molar-refractivity contribution >= 4 is 15.7 Å². The molecule has 3 aromatic carbocycles. The van der Waals surface area contributed by atoms with Crippen LogP contribution in [0.3, 0.4) is 0 Å². The number of nitrogens with one attached hydrogen (secondary N) is 1. The Morgan fingerprint density at radius 2 is 1.50 bits per heavy atom. The summed E-state index contributed by atoms with van der Waals surface area (Å²) in [7, 11) is -3.70. The largest absolute Gasteiger partial charge is 0.283 e. The second kappa shape index (κ2) is 7.75. The standard InChI is InChI=1S/C22H17F4NO2S/c23-16-5-3-13(4-6-16)14-1-2-15(20(25)12-14)11-18-21(10-9-19(24)22(18)26)27-30(28,29)17-7-8-17/h1-6,9-10,12,17,27H,7-8,11H2. The molecule has 0 aromatic heterocycles. The molecule has 0 spiro atoms. The summed E-state index contributed by atoms with van der Waals surface area (Å²) >= 11 is 0. The van der Waals surface area contributed by atoms with Gasteiger partial charge in [0.1, 0.15) is 11.6 Å². The van der Waals surface area contributed by atoms with Gasteiger partial charge in [-0.1, -0.05) is 24.3 Å². The lowest BCUT2D eigenvalue weighted by atomic mass is 9.98. The van der Waals surface area contributed by atoms with Gasteiger partial charge in [0.15, 0.2) is 11.6 Å². The first kappa shape index (κ1) is 20.4. The second-order valence-corrected chi connectivity index (χ2v) is 9.18. The Balaban J connectivity index is 1.66. The van der Waals surface area contributed by atoms with Gasteiger partial charge in [0, 0.05) is 12.0 Å². The Morgan fingerprint density at radius 1 is 0.833 bits per heavy atom. The average molecular weight is 435 g/mol. The normalized spacial score (nSPS) is 14.0. The zero-order valence-corrected chi connectivity index (χ0v) is 16.4. The maximum absolute atomic E-state index is 14.7. The van der Waals surface area contributed by atoms with E-state index in [1.54, 1.807) is 6.07 Å². The predicted octanol–water partition coefficient (Wildman–Crippen LogP) is 5.40. The van der Waals surface area contributed by atoms with Gasteiger partial charge in [-0.3, -0.25) is 4.72 Å². The van der Waals surface area contributed by atoms with Gasteiger partial charge < -0.3 is 0 Å². The van der Waals surface area contributed by atoms with Crippen LogP contribution >= 0.6 is 0 Å². The Labute approximate surface area is 171 Å². The third-order valence-electron chi connectivity index (χ3n) is 5.01. The van der Waals surface area contributed by atoms with Crippen LogP contribution in [-0.4, -0.2) is 13.7 Å². The number of anilines is 1. The van der Waals surface area contributed by atoms with Gasteiger partial charge in [-0.05, 0) is 59.9 Å². The van der Waals surface area contributed by atoms with E-state index in [1.807, 2.05) is 0 Å². The molecule has 1 N–H and O–H groups in total. The first-order chi connectivity index (χ1) is 14.2. The van der Waals surface area contributed by atoms with Crippen LogP contribution < -0.4 is 4.72 Å². The molecule has 0 aliphatic heterocycles. The Hall–Kier alpha value is -2.87. The molecule has 1 aliphatic rings. The molecule has 3 nitrogen and oxygen atoms in total. The summed E-state index contributed by atoms with van der Waals surface area (Å²) in [5, 5.41) is -0.551. The van der Waals surface area contributed by atoms with Crippen LogP contribution in [0.15, 0.2) is 54.6 Å². The third kappa shape index (κ3) is 4.18. The molecule has 0 bridgehead atoms. The van der Waals surface area contributed by atoms with Crippen LogP contribution in [0.2, 0.25) is 0 Å². The minimum Gasteiger partial charge on any atom is -0.283 e. The van der Waals surface area contributed by atoms with Crippen molar-refractivity contribution in [3.05, 3.63) is 89.0 Å². The summed E-state index contributed by atoms with van der Waals surface area (Å²) in [5.41, 5.74) is 0.773. The maximum atomic E-state index is 14.7. The van der Waals surface area contributed by atoms with Crippen LogP contribution in [0.25, 0.3) is 11.1 Å². The van der Waals surface area contributed by atoms with E-state index in [0.717, 1.165) is 12.1 Å². The molecule has 4 rings (SSSR count). The average Bonchev–Trinajstić information content (AvgIpc) is 3.55. The summed E-state index contributed by atoms with van der Waals surface area (Å²) in [6.45, 7) is 0. The van der Waals surface area contributed by atoms with Crippen LogP contribution in [0.1, 0.15) is 24.0 Å². The zero-order valence-electron chi connectivity index (χ0n) is 15.6. The molecule has 0 saturated heterocycles. The number of hydrogen-bond donors (Lipinski definition) is 1. The highest BCUT2D eigenvalue weighted by molar-refractivity contribution is 7.93. The lowest BCUT2D eigenvalue weighted by Crippen LogP contribution is -2.19. The zero-order chi connectivity index (χ0) is 21.5. The van der Waals surface area contributed by atoms with Crippen LogP contribution in [0, 0.1) is 23.3 Å². The minimum absolute atomic E-state index is 0.0669. The Morgan fingerprint density at radius 3 is 2.13 bits per heavy atom. The highest BCUT2D eigenvalue weighted by Gasteiger charge is 2.36. The Kier molecular flexibility index (Phi) is 5.27. The van der Waals surface area contributed by atoms with Gasteiger partial charge in [-0.2, -0.15) is 0 Å². The molecule has 30 heavy (non-hydrogen) atoms. The van der Waals surface area contributed by atoms with E-state index in [0.29, 0.717) is 24.0 Å². The number of rotatable bonds is 6.